The maximum absolute atomic E-state index is 4.41. The van der Waals surface area contributed by atoms with Crippen LogP contribution in [0.15, 0.2) is 64.1 Å². The van der Waals surface area contributed by atoms with Crippen LogP contribution in [0.25, 0.3) is 19.5 Å². The van der Waals surface area contributed by atoms with Crippen LogP contribution >= 0.6 is 69.2 Å². The Morgan fingerprint density at radius 2 is 1.19 bits per heavy atom. The second-order valence-electron chi connectivity index (χ2n) is 5.80. The first-order valence-electron chi connectivity index (χ1n) is 7.92. The van der Waals surface area contributed by atoms with Gasteiger partial charge in [-0.25, -0.2) is 0 Å². The molecule has 0 saturated heterocycles. The molecule has 0 spiro atoms. The van der Waals surface area contributed by atoms with Crippen molar-refractivity contribution in [1.29, 1.82) is 0 Å². The number of hydrogen-bond acceptors (Lipinski definition) is 10. The van der Waals surface area contributed by atoms with E-state index in [1.54, 1.807) is 22.7 Å². The van der Waals surface area contributed by atoms with Crippen molar-refractivity contribution in [3.63, 3.8) is 0 Å². The summed E-state index contributed by atoms with van der Waals surface area (Å²) in [5, 5.41) is 13.1. The Bertz CT molecular complexity index is 1130. The normalized spacial score (nSPS) is 14.2. The first-order valence-corrected chi connectivity index (χ1v) is 12.9. The number of hydrogen-bond donors (Lipinski definition) is 0. The van der Waals surface area contributed by atoms with Crippen molar-refractivity contribution >= 4 is 80.6 Å². The highest BCUT2D eigenvalue weighted by atomic mass is 32.2. The summed E-state index contributed by atoms with van der Waals surface area (Å²) in [4.78, 5) is 10.0. The average Bonchev–Trinajstić information content (AvgIpc) is 3.41. The van der Waals surface area contributed by atoms with Crippen LogP contribution in [0.5, 0.6) is 0 Å². The molecule has 4 aromatic heterocycles. The van der Waals surface area contributed by atoms with Crippen LogP contribution in [0.3, 0.4) is 0 Å². The summed E-state index contributed by atoms with van der Waals surface area (Å²) in [5.74, 6) is 0. The molecule has 0 radical (unpaired) electrons. The van der Waals surface area contributed by atoms with E-state index in [9.17, 15) is 0 Å². The van der Waals surface area contributed by atoms with Crippen molar-refractivity contribution < 1.29 is 0 Å². The zero-order valence-corrected chi connectivity index (χ0v) is 18.3. The van der Waals surface area contributed by atoms with Crippen molar-refractivity contribution in [3.8, 4) is 19.5 Å². The van der Waals surface area contributed by atoms with Gasteiger partial charge >= 0.3 is 0 Å². The van der Waals surface area contributed by atoms with Crippen molar-refractivity contribution in [2.45, 2.75) is 16.2 Å². The van der Waals surface area contributed by atoms with Gasteiger partial charge in [-0.3, -0.25) is 0 Å². The molecule has 10 heteroatoms. The molecule has 4 aromatic rings. The Kier molecular flexibility index (Phi) is 4.09. The smallest absolute Gasteiger partial charge is 0.106 e. The van der Waals surface area contributed by atoms with E-state index in [1.807, 2.05) is 22.7 Å². The van der Waals surface area contributed by atoms with Gasteiger partial charge in [-0.2, -0.15) is 0 Å². The minimum atomic E-state index is 0.891. The topological polar surface area (TPSA) is 49.4 Å². The largest absolute Gasteiger partial charge is 0.142 e. The zero-order valence-electron chi connectivity index (χ0n) is 13.4. The molecule has 0 atom stereocenters. The fourth-order valence-corrected chi connectivity index (χ4v) is 9.08. The van der Waals surface area contributed by atoms with Gasteiger partial charge in [-0.1, -0.05) is 0 Å². The van der Waals surface area contributed by atoms with Gasteiger partial charge in [0, 0.05) is 40.1 Å². The fourth-order valence-electron chi connectivity index (χ4n) is 2.97. The molecule has 0 saturated carbocycles. The maximum atomic E-state index is 4.41. The highest BCUT2D eigenvalue weighted by Crippen LogP contribution is 2.51. The Morgan fingerprint density at radius 1 is 0.667 bits per heavy atom. The van der Waals surface area contributed by atoms with E-state index in [4.69, 9.17) is 0 Å². The number of fused-ring (bicyclic) bond motifs is 6. The molecular formula is C17H8N4S6. The molecule has 4 nitrogen and oxygen atoms in total. The van der Waals surface area contributed by atoms with E-state index in [-0.39, 0.29) is 0 Å². The molecule has 0 amide bonds. The maximum Gasteiger partial charge on any atom is 0.106 e. The molecule has 0 N–H and O–H groups in total. The molecule has 2 aliphatic rings. The van der Waals surface area contributed by atoms with Crippen LogP contribution in [0.2, 0.25) is 0 Å². The van der Waals surface area contributed by atoms with Gasteiger partial charge in [0.05, 0.1) is 29.3 Å². The lowest BCUT2D eigenvalue weighted by atomic mass is 10.2. The van der Waals surface area contributed by atoms with Crippen LogP contribution < -0.4 is 0 Å². The fraction of sp³-hybridized carbons (Fsp3) is 0.0588. The number of nitrogens with zero attached hydrogens (tertiary/aromatic N) is 4. The van der Waals surface area contributed by atoms with Crippen molar-refractivity contribution in [1.82, 2.24) is 0 Å². The van der Waals surface area contributed by atoms with Crippen molar-refractivity contribution in [2.24, 2.45) is 19.3 Å². The molecule has 0 aromatic carbocycles. The quantitative estimate of drug-likeness (QED) is 0.280. The standard InChI is InChI=1S/C17H8N4S6/c1-3-22-16-12(1)26-20-18-10-6-8(24-14(10)16)5-9-7-11-15(25-9)17-13(2-4-23-17)27-21-19-11/h1-4,6-7H,5H2. The Morgan fingerprint density at radius 3 is 1.70 bits per heavy atom. The molecule has 0 unspecified atom stereocenters. The summed E-state index contributed by atoms with van der Waals surface area (Å²) < 4.78 is 8.52. The molecule has 0 fully saturated rings. The van der Waals surface area contributed by atoms with Gasteiger partial charge in [0.15, 0.2) is 0 Å². The van der Waals surface area contributed by atoms with Gasteiger partial charge < -0.3 is 0 Å². The van der Waals surface area contributed by atoms with Crippen LogP contribution in [-0.2, 0) is 6.42 Å². The van der Waals surface area contributed by atoms with E-state index in [1.165, 1.54) is 62.9 Å². The van der Waals surface area contributed by atoms with Gasteiger partial charge in [0.1, 0.15) is 11.4 Å². The summed E-state index contributed by atoms with van der Waals surface area (Å²) in [6.07, 6.45) is 0.891. The lowest BCUT2D eigenvalue weighted by Crippen LogP contribution is -1.76. The third kappa shape index (κ3) is 2.86. The molecule has 0 aliphatic carbocycles. The van der Waals surface area contributed by atoms with Crippen molar-refractivity contribution in [3.05, 3.63) is 44.8 Å². The molecule has 6 rings (SSSR count). The summed E-state index contributed by atoms with van der Waals surface area (Å²) in [7, 11) is 0. The Labute approximate surface area is 179 Å². The van der Waals surface area contributed by atoms with E-state index in [0.717, 1.165) is 17.8 Å². The Balaban J connectivity index is 1.38. The second kappa shape index (κ2) is 6.64. The summed E-state index contributed by atoms with van der Waals surface area (Å²) in [5.41, 5.74) is 1.97. The third-order valence-electron chi connectivity index (χ3n) is 4.12. The molecule has 132 valence electrons. The van der Waals surface area contributed by atoms with Gasteiger partial charge in [0.2, 0.25) is 0 Å². The summed E-state index contributed by atoms with van der Waals surface area (Å²) in [6.45, 7) is 0. The predicted molar refractivity (Wildman–Crippen MR) is 119 cm³/mol. The summed E-state index contributed by atoms with van der Waals surface area (Å²) in [6, 6.07) is 8.60. The minimum absolute atomic E-state index is 0.891. The van der Waals surface area contributed by atoms with Gasteiger partial charge in [-0.05, 0) is 35.0 Å². The monoisotopic (exact) mass is 460 g/mol. The average molecular weight is 461 g/mol. The second-order valence-corrected chi connectivity index (χ2v) is 11.5. The molecular weight excluding hydrogens is 453 g/mol. The first kappa shape index (κ1) is 16.6. The van der Waals surface area contributed by atoms with E-state index in [2.05, 4.69) is 54.3 Å². The lowest BCUT2D eigenvalue weighted by molar-refractivity contribution is 1.28. The van der Waals surface area contributed by atoms with E-state index < -0.39 is 0 Å². The number of thiophene rings is 4. The molecule has 27 heavy (non-hydrogen) atoms. The van der Waals surface area contributed by atoms with E-state index >= 15 is 0 Å². The highest BCUT2D eigenvalue weighted by molar-refractivity contribution is 7.98. The van der Waals surface area contributed by atoms with Crippen LogP contribution in [0, 0.1) is 0 Å². The lowest BCUT2D eigenvalue weighted by Gasteiger charge is -1.96. The zero-order chi connectivity index (χ0) is 17.8. The Hall–Kier alpha value is -1.30. The minimum Gasteiger partial charge on any atom is -0.142 e. The van der Waals surface area contributed by atoms with E-state index in [0.29, 0.717) is 0 Å². The van der Waals surface area contributed by atoms with Crippen LogP contribution in [0.1, 0.15) is 9.75 Å². The highest BCUT2D eigenvalue weighted by Gasteiger charge is 2.22. The SMILES string of the molecule is c1cc2c(s1)-c1sc(Cc3cc4c(s3)-c3sccc3SN=N4)cc1N=NS2. The van der Waals surface area contributed by atoms with Crippen LogP contribution in [-0.4, -0.2) is 0 Å². The third-order valence-corrected chi connectivity index (χ3v) is 10.2. The van der Waals surface area contributed by atoms with Crippen LogP contribution in [0.4, 0.5) is 11.4 Å². The van der Waals surface area contributed by atoms with Gasteiger partial charge in [-0.15, -0.1) is 64.6 Å². The first-order chi connectivity index (χ1) is 13.3. The molecule has 0 bridgehead atoms. The molecule has 6 heterocycles. The number of rotatable bonds is 2. The predicted octanol–water partition coefficient (Wildman–Crippen LogP) is 9.07. The van der Waals surface area contributed by atoms with Gasteiger partial charge in [0.25, 0.3) is 0 Å². The van der Waals surface area contributed by atoms with Crippen molar-refractivity contribution in [2.75, 3.05) is 0 Å². The summed E-state index contributed by atoms with van der Waals surface area (Å²) >= 11 is 10.1. The molecule has 2 aliphatic heterocycles.